The van der Waals surface area contributed by atoms with Gasteiger partial charge in [0.25, 0.3) is 5.91 Å². The molecule has 2 rings (SSSR count). The molecule has 0 unspecified atom stereocenters. The van der Waals surface area contributed by atoms with Crippen molar-refractivity contribution in [2.75, 3.05) is 0 Å². The fourth-order valence-electron chi connectivity index (χ4n) is 1.37. The number of nitrogens with zero attached hydrogens (tertiary/aromatic N) is 2. The predicted octanol–water partition coefficient (Wildman–Crippen LogP) is 0.476. The van der Waals surface area contributed by atoms with Crippen LogP contribution in [0.4, 0.5) is 0 Å². The minimum Gasteiger partial charge on any atom is -0.306 e. The molecule has 1 amide bonds. The van der Waals surface area contributed by atoms with Crippen LogP contribution in [0.2, 0.25) is 0 Å². The first-order chi connectivity index (χ1) is 7.33. The molecule has 0 aliphatic heterocycles. The van der Waals surface area contributed by atoms with E-state index in [0.717, 1.165) is 5.69 Å². The lowest BCUT2D eigenvalue weighted by molar-refractivity contribution is 0.0953. The highest BCUT2D eigenvalue weighted by Gasteiger charge is 2.09. The Balaban J connectivity index is 2.52. The number of imidazole rings is 1. The number of carbonyl (C=O) groups is 1. The highest BCUT2D eigenvalue weighted by Crippen LogP contribution is 2.13. The number of nitrogens with two attached hydrogens (primary N) is 1. The zero-order chi connectivity index (χ0) is 10.7. The molecule has 0 aliphatic rings. The summed E-state index contributed by atoms with van der Waals surface area (Å²) in [6, 6.07) is 7.16. The number of aromatic nitrogens is 2. The maximum Gasteiger partial charge on any atom is 0.267 e. The maximum absolute atomic E-state index is 11.5. The summed E-state index contributed by atoms with van der Waals surface area (Å²) in [5, 5.41) is 0. The summed E-state index contributed by atoms with van der Waals surface area (Å²) >= 11 is 0. The number of benzene rings is 1. The normalized spacial score (nSPS) is 9.93. The second-order valence-electron chi connectivity index (χ2n) is 2.96. The molecule has 0 saturated carbocycles. The van der Waals surface area contributed by atoms with E-state index >= 15 is 0 Å². The molecule has 1 heterocycles. The van der Waals surface area contributed by atoms with E-state index in [1.807, 2.05) is 12.1 Å². The molecule has 15 heavy (non-hydrogen) atoms. The number of para-hydroxylation sites is 1. The minimum atomic E-state index is -0.320. The third-order valence-electron chi connectivity index (χ3n) is 2.06. The number of hydrazine groups is 1. The van der Waals surface area contributed by atoms with Gasteiger partial charge in [0.05, 0.1) is 17.6 Å². The number of hydrogen-bond acceptors (Lipinski definition) is 3. The lowest BCUT2D eigenvalue weighted by Crippen LogP contribution is -2.30. The van der Waals surface area contributed by atoms with Crippen LogP contribution in [0, 0.1) is 0 Å². The van der Waals surface area contributed by atoms with Crippen LogP contribution in [0.15, 0.2) is 43.0 Å². The van der Waals surface area contributed by atoms with Crippen LogP contribution in [-0.2, 0) is 0 Å². The van der Waals surface area contributed by atoms with Gasteiger partial charge in [-0.25, -0.2) is 10.8 Å². The van der Waals surface area contributed by atoms with Crippen LogP contribution in [-0.4, -0.2) is 15.5 Å². The Kier molecular flexibility index (Phi) is 2.47. The summed E-state index contributed by atoms with van der Waals surface area (Å²) in [6.07, 6.45) is 5.04. The van der Waals surface area contributed by atoms with Crippen molar-refractivity contribution in [3.05, 3.63) is 48.5 Å². The van der Waals surface area contributed by atoms with E-state index in [1.54, 1.807) is 35.4 Å². The fourth-order valence-corrected chi connectivity index (χ4v) is 1.37. The van der Waals surface area contributed by atoms with E-state index in [2.05, 4.69) is 10.4 Å². The standard InChI is InChI=1S/C10H10N4O/c11-13-10(15)8-3-1-2-4-9(8)14-6-5-12-7-14/h1-7H,11H2,(H,13,15). The van der Waals surface area contributed by atoms with Crippen molar-refractivity contribution >= 4 is 5.91 Å². The Bertz CT molecular complexity index is 464. The third-order valence-corrected chi connectivity index (χ3v) is 2.06. The Morgan fingerprint density at radius 3 is 2.87 bits per heavy atom. The number of amides is 1. The first kappa shape index (κ1) is 9.42. The van der Waals surface area contributed by atoms with Crippen molar-refractivity contribution in [1.29, 1.82) is 0 Å². The monoisotopic (exact) mass is 202 g/mol. The zero-order valence-corrected chi connectivity index (χ0v) is 7.92. The molecule has 76 valence electrons. The van der Waals surface area contributed by atoms with Gasteiger partial charge in [-0.1, -0.05) is 12.1 Å². The summed E-state index contributed by atoms with van der Waals surface area (Å²) in [6.45, 7) is 0. The number of rotatable bonds is 2. The molecule has 1 aromatic heterocycles. The van der Waals surface area contributed by atoms with Crippen LogP contribution < -0.4 is 11.3 Å². The Labute approximate surface area is 86.5 Å². The van der Waals surface area contributed by atoms with Gasteiger partial charge < -0.3 is 4.57 Å². The molecule has 0 aliphatic carbocycles. The van der Waals surface area contributed by atoms with Gasteiger partial charge in [0, 0.05) is 12.4 Å². The van der Waals surface area contributed by atoms with Crippen molar-refractivity contribution in [3.63, 3.8) is 0 Å². The van der Waals surface area contributed by atoms with Gasteiger partial charge in [-0.05, 0) is 12.1 Å². The van der Waals surface area contributed by atoms with Gasteiger partial charge in [-0.15, -0.1) is 0 Å². The molecule has 3 N–H and O–H groups in total. The Morgan fingerprint density at radius 1 is 1.40 bits per heavy atom. The number of carbonyl (C=O) groups excluding carboxylic acids is 1. The van der Waals surface area contributed by atoms with Crippen molar-refractivity contribution in [1.82, 2.24) is 15.0 Å². The smallest absolute Gasteiger partial charge is 0.267 e. The van der Waals surface area contributed by atoms with Crippen LogP contribution >= 0.6 is 0 Å². The molecule has 5 nitrogen and oxygen atoms in total. The Hall–Kier alpha value is -2.14. The van der Waals surface area contributed by atoms with Crippen LogP contribution in [0.3, 0.4) is 0 Å². The molecule has 5 heteroatoms. The molecule has 0 atom stereocenters. The van der Waals surface area contributed by atoms with Crippen LogP contribution in [0.25, 0.3) is 5.69 Å². The summed E-state index contributed by atoms with van der Waals surface area (Å²) in [4.78, 5) is 15.4. The number of hydrogen-bond donors (Lipinski definition) is 2. The van der Waals surface area contributed by atoms with Crippen LogP contribution in [0.5, 0.6) is 0 Å². The van der Waals surface area contributed by atoms with Gasteiger partial charge in [-0.2, -0.15) is 0 Å². The zero-order valence-electron chi connectivity index (χ0n) is 7.92. The van der Waals surface area contributed by atoms with E-state index in [9.17, 15) is 4.79 Å². The molecule has 0 radical (unpaired) electrons. The lowest BCUT2D eigenvalue weighted by Gasteiger charge is -2.07. The van der Waals surface area contributed by atoms with E-state index < -0.39 is 0 Å². The van der Waals surface area contributed by atoms with Gasteiger partial charge in [0.1, 0.15) is 0 Å². The first-order valence-electron chi connectivity index (χ1n) is 4.41. The third kappa shape index (κ3) is 1.72. The summed E-state index contributed by atoms with van der Waals surface area (Å²) in [5.41, 5.74) is 3.37. The van der Waals surface area contributed by atoms with Crippen molar-refractivity contribution in [3.8, 4) is 5.69 Å². The van der Waals surface area contributed by atoms with E-state index in [0.29, 0.717) is 5.56 Å². The Morgan fingerprint density at radius 2 is 2.20 bits per heavy atom. The van der Waals surface area contributed by atoms with E-state index in [-0.39, 0.29) is 5.91 Å². The SMILES string of the molecule is NNC(=O)c1ccccc1-n1ccnc1. The van der Waals surface area contributed by atoms with Gasteiger partial charge >= 0.3 is 0 Å². The minimum absolute atomic E-state index is 0.320. The van der Waals surface area contributed by atoms with Gasteiger partial charge in [0.2, 0.25) is 0 Å². The summed E-state index contributed by atoms with van der Waals surface area (Å²) in [5.74, 6) is 4.78. The highest BCUT2D eigenvalue weighted by atomic mass is 16.2. The van der Waals surface area contributed by atoms with E-state index in [4.69, 9.17) is 5.84 Å². The second kappa shape index (κ2) is 3.93. The highest BCUT2D eigenvalue weighted by molar-refractivity contribution is 5.97. The summed E-state index contributed by atoms with van der Waals surface area (Å²) < 4.78 is 1.75. The lowest BCUT2D eigenvalue weighted by atomic mass is 10.1. The molecular weight excluding hydrogens is 192 g/mol. The number of nitrogens with one attached hydrogen (secondary N) is 1. The van der Waals surface area contributed by atoms with Crippen molar-refractivity contribution in [2.45, 2.75) is 0 Å². The predicted molar refractivity (Wildman–Crippen MR) is 55.2 cm³/mol. The van der Waals surface area contributed by atoms with Crippen molar-refractivity contribution in [2.24, 2.45) is 5.84 Å². The molecule has 1 aromatic carbocycles. The maximum atomic E-state index is 11.5. The first-order valence-corrected chi connectivity index (χ1v) is 4.41. The molecule has 2 aromatic rings. The molecule has 0 fully saturated rings. The molecule has 0 spiro atoms. The second-order valence-corrected chi connectivity index (χ2v) is 2.96. The molecule has 0 saturated heterocycles. The molecular formula is C10H10N4O. The van der Waals surface area contributed by atoms with E-state index in [1.165, 1.54) is 0 Å². The average Bonchev–Trinajstić information content (AvgIpc) is 2.81. The summed E-state index contributed by atoms with van der Waals surface area (Å²) in [7, 11) is 0. The fraction of sp³-hybridized carbons (Fsp3) is 0. The largest absolute Gasteiger partial charge is 0.306 e. The van der Waals surface area contributed by atoms with Crippen LogP contribution in [0.1, 0.15) is 10.4 Å². The average molecular weight is 202 g/mol. The van der Waals surface area contributed by atoms with Crippen molar-refractivity contribution < 1.29 is 4.79 Å². The molecule has 0 bridgehead atoms. The topological polar surface area (TPSA) is 72.9 Å². The number of nitrogen functional groups attached to an aromatic ring is 1. The van der Waals surface area contributed by atoms with Gasteiger partial charge in [0.15, 0.2) is 0 Å². The van der Waals surface area contributed by atoms with Gasteiger partial charge in [-0.3, -0.25) is 10.2 Å². The quantitative estimate of drug-likeness (QED) is 0.422.